The van der Waals surface area contributed by atoms with Crippen molar-refractivity contribution in [1.29, 1.82) is 0 Å². The van der Waals surface area contributed by atoms with Crippen LogP contribution in [0.2, 0.25) is 0 Å². The Hall–Kier alpha value is -2.11. The molecule has 0 bridgehead atoms. The molecular weight excluding hydrogens is 772 g/mol. The topological polar surface area (TPSA) is 287 Å². The third kappa shape index (κ3) is 14.5. The first-order chi connectivity index (χ1) is 27.4. The maximum atomic E-state index is 13.5. The van der Waals surface area contributed by atoms with Crippen molar-refractivity contribution in [2.24, 2.45) is 5.92 Å². The molecule has 58 heavy (non-hydrogen) atoms. The molecule has 3 saturated heterocycles. The van der Waals surface area contributed by atoms with Crippen LogP contribution in [0.3, 0.4) is 0 Å². The summed E-state index contributed by atoms with van der Waals surface area (Å²) in [5.41, 5.74) is 0. The molecule has 19 heteroatoms. The van der Waals surface area contributed by atoms with Gasteiger partial charge in [-0.1, -0.05) is 51.9 Å². The molecule has 0 radical (unpaired) electrons. The lowest BCUT2D eigenvalue weighted by Crippen LogP contribution is -2.67. The third-order valence-corrected chi connectivity index (χ3v) is 10.9. The lowest BCUT2D eigenvalue weighted by atomic mass is 9.96. The molecule has 0 aliphatic carbocycles. The monoisotopic (exact) mass is 840 g/mol. The Morgan fingerprint density at radius 1 is 0.638 bits per heavy atom. The van der Waals surface area contributed by atoms with Gasteiger partial charge in [-0.25, -0.2) is 0 Å². The molecule has 18 unspecified atom stereocenters. The number of ether oxygens (including phenoxy) is 8. The van der Waals surface area contributed by atoms with Gasteiger partial charge in [0.25, 0.3) is 0 Å². The van der Waals surface area contributed by atoms with Crippen LogP contribution in [-0.4, -0.2) is 170 Å². The van der Waals surface area contributed by atoms with Crippen molar-refractivity contribution in [2.75, 3.05) is 6.61 Å². The Balaban J connectivity index is 1.85. The molecule has 0 aromatic rings. The number of esters is 3. The second kappa shape index (κ2) is 24.4. The van der Waals surface area contributed by atoms with E-state index in [0.29, 0.717) is 12.8 Å². The van der Waals surface area contributed by atoms with Gasteiger partial charge in [0, 0.05) is 13.3 Å². The Morgan fingerprint density at radius 2 is 1.24 bits per heavy atom. The van der Waals surface area contributed by atoms with Crippen molar-refractivity contribution < 1.29 is 93.1 Å². The molecule has 0 aromatic heterocycles. The molecule has 0 saturated carbocycles. The number of carbonyl (C=O) groups excluding carboxylic acids is 3. The highest BCUT2D eigenvalue weighted by Crippen LogP contribution is 2.35. The first kappa shape index (κ1) is 50.2. The standard InChI is InChI=1S/C39H68O19/c1-7-15-24(42)16-13-11-9-8-10-12-14-17-26(43)55-35-34(58-38-31(48)29(46)27(44)21(4)52-38)32(56-36(49)19(2)20(3)40)22(5)53-39(35)57-33-30(47)28(45)25(54-37(33)50)18-51-23(6)41/h19-22,24-25,27-35,37-40,42,44-48,50H,7-18H2,1-6H3. The summed E-state index contributed by atoms with van der Waals surface area (Å²) in [6, 6.07) is 0. The molecule has 0 spiro atoms. The molecule has 19 nitrogen and oxygen atoms in total. The number of aliphatic hydroxyl groups excluding tert-OH is 8. The number of rotatable bonds is 22. The highest BCUT2D eigenvalue weighted by molar-refractivity contribution is 5.73. The molecule has 3 aliphatic heterocycles. The Kier molecular flexibility index (Phi) is 21.1. The second-order valence-electron chi connectivity index (χ2n) is 15.8. The van der Waals surface area contributed by atoms with Crippen LogP contribution in [0.4, 0.5) is 0 Å². The molecular formula is C39H68O19. The molecule has 0 amide bonds. The summed E-state index contributed by atoms with van der Waals surface area (Å²) in [4.78, 5) is 38.1. The highest BCUT2D eigenvalue weighted by Gasteiger charge is 2.56. The number of aliphatic hydroxyl groups is 8. The Bertz CT molecular complexity index is 1240. The van der Waals surface area contributed by atoms with Gasteiger partial charge in [-0.3, -0.25) is 14.4 Å². The van der Waals surface area contributed by atoms with Gasteiger partial charge >= 0.3 is 17.9 Å². The molecule has 3 fully saturated rings. The average Bonchev–Trinajstić information content (AvgIpc) is 3.16. The normalized spacial score (nSPS) is 37.0. The number of unbranched alkanes of at least 4 members (excludes halogenated alkanes) is 6. The van der Waals surface area contributed by atoms with Crippen LogP contribution in [0.1, 0.15) is 112 Å². The van der Waals surface area contributed by atoms with Crippen molar-refractivity contribution in [2.45, 2.75) is 216 Å². The van der Waals surface area contributed by atoms with Gasteiger partial charge in [0.2, 0.25) is 0 Å². The fourth-order valence-corrected chi connectivity index (χ4v) is 7.03. The van der Waals surface area contributed by atoms with Crippen LogP contribution in [0.5, 0.6) is 0 Å². The minimum atomic E-state index is -1.95. The van der Waals surface area contributed by atoms with Gasteiger partial charge in [-0.05, 0) is 47.0 Å². The van der Waals surface area contributed by atoms with Gasteiger partial charge in [-0.2, -0.15) is 0 Å². The Labute approximate surface area is 339 Å². The molecule has 8 N–H and O–H groups in total. The van der Waals surface area contributed by atoms with E-state index >= 15 is 0 Å². The smallest absolute Gasteiger partial charge is 0.311 e. The van der Waals surface area contributed by atoms with Crippen LogP contribution in [0, 0.1) is 5.92 Å². The first-order valence-electron chi connectivity index (χ1n) is 20.6. The lowest BCUT2D eigenvalue weighted by molar-refractivity contribution is -0.379. The Morgan fingerprint density at radius 3 is 1.86 bits per heavy atom. The predicted molar refractivity (Wildman–Crippen MR) is 199 cm³/mol. The van der Waals surface area contributed by atoms with E-state index in [9.17, 15) is 55.2 Å². The average molecular weight is 841 g/mol. The maximum Gasteiger partial charge on any atom is 0.311 e. The van der Waals surface area contributed by atoms with Crippen molar-refractivity contribution in [3.05, 3.63) is 0 Å². The fraction of sp³-hybridized carbons (Fsp3) is 0.923. The molecule has 0 aromatic carbocycles. The summed E-state index contributed by atoms with van der Waals surface area (Å²) < 4.78 is 45.8. The van der Waals surface area contributed by atoms with Crippen LogP contribution in [0.15, 0.2) is 0 Å². The van der Waals surface area contributed by atoms with Crippen molar-refractivity contribution in [1.82, 2.24) is 0 Å². The van der Waals surface area contributed by atoms with Crippen LogP contribution in [-0.2, 0) is 52.3 Å². The maximum absolute atomic E-state index is 13.5. The molecule has 3 rings (SSSR count). The zero-order chi connectivity index (χ0) is 43.3. The van der Waals surface area contributed by atoms with Crippen LogP contribution < -0.4 is 0 Å². The van der Waals surface area contributed by atoms with Crippen LogP contribution >= 0.6 is 0 Å². The molecule has 338 valence electrons. The van der Waals surface area contributed by atoms with Crippen LogP contribution in [0.25, 0.3) is 0 Å². The van der Waals surface area contributed by atoms with E-state index in [0.717, 1.165) is 58.3 Å². The van der Waals surface area contributed by atoms with Gasteiger partial charge in [0.1, 0.15) is 55.4 Å². The van der Waals surface area contributed by atoms with E-state index in [4.69, 9.17) is 37.9 Å². The number of carbonyl (C=O) groups is 3. The van der Waals surface area contributed by atoms with Crippen molar-refractivity contribution >= 4 is 17.9 Å². The summed E-state index contributed by atoms with van der Waals surface area (Å²) in [7, 11) is 0. The summed E-state index contributed by atoms with van der Waals surface area (Å²) in [5.74, 6) is -3.41. The summed E-state index contributed by atoms with van der Waals surface area (Å²) in [6.45, 7) is 8.30. The van der Waals surface area contributed by atoms with E-state index in [2.05, 4.69) is 0 Å². The minimum Gasteiger partial charge on any atom is -0.463 e. The summed E-state index contributed by atoms with van der Waals surface area (Å²) in [6.07, 6.45) is -17.5. The molecule has 18 atom stereocenters. The summed E-state index contributed by atoms with van der Waals surface area (Å²) in [5, 5.41) is 84.6. The largest absolute Gasteiger partial charge is 0.463 e. The molecule has 3 aliphatic rings. The first-order valence-corrected chi connectivity index (χ1v) is 20.6. The van der Waals surface area contributed by atoms with Gasteiger partial charge in [0.15, 0.2) is 31.1 Å². The zero-order valence-electron chi connectivity index (χ0n) is 34.4. The molecule has 3 heterocycles. The number of hydrogen-bond donors (Lipinski definition) is 8. The van der Waals surface area contributed by atoms with Crippen molar-refractivity contribution in [3.63, 3.8) is 0 Å². The highest BCUT2D eigenvalue weighted by atomic mass is 16.8. The SMILES string of the molecule is CCCC(O)CCCCCCCCCC(=O)OC1C(OC2C(O)OC(COC(C)=O)C(O)C2O)OC(C)C(OC(=O)C(C)C(C)O)C1OC1OC(C)C(O)C(O)C1O. The van der Waals surface area contributed by atoms with Gasteiger partial charge in [0.05, 0.1) is 30.3 Å². The van der Waals surface area contributed by atoms with Gasteiger partial charge in [-0.15, -0.1) is 0 Å². The lowest BCUT2D eigenvalue weighted by Gasteiger charge is -2.49. The number of hydrogen-bond acceptors (Lipinski definition) is 19. The third-order valence-electron chi connectivity index (χ3n) is 10.9. The minimum absolute atomic E-state index is 0.0863. The quantitative estimate of drug-likeness (QED) is 0.0399. The zero-order valence-corrected chi connectivity index (χ0v) is 34.4. The second-order valence-corrected chi connectivity index (χ2v) is 15.8. The van der Waals surface area contributed by atoms with Gasteiger partial charge < -0.3 is 78.7 Å². The summed E-state index contributed by atoms with van der Waals surface area (Å²) >= 11 is 0. The van der Waals surface area contributed by atoms with E-state index in [1.54, 1.807) is 0 Å². The van der Waals surface area contributed by atoms with E-state index in [1.807, 2.05) is 6.92 Å². The van der Waals surface area contributed by atoms with E-state index in [1.165, 1.54) is 27.7 Å². The fourth-order valence-electron chi connectivity index (χ4n) is 7.03. The van der Waals surface area contributed by atoms with E-state index in [-0.39, 0.29) is 12.5 Å². The van der Waals surface area contributed by atoms with E-state index < -0.39 is 129 Å². The van der Waals surface area contributed by atoms with Crippen molar-refractivity contribution in [3.8, 4) is 0 Å². The predicted octanol–water partition coefficient (Wildman–Crippen LogP) is -0.156.